The van der Waals surface area contributed by atoms with Crippen LogP contribution < -0.4 is 10.1 Å². The normalized spacial score (nSPS) is 12.9. The van der Waals surface area contributed by atoms with Crippen LogP contribution in [0.4, 0.5) is 5.69 Å². The second kappa shape index (κ2) is 9.66. The van der Waals surface area contributed by atoms with Crippen molar-refractivity contribution in [2.24, 2.45) is 0 Å². The zero-order chi connectivity index (χ0) is 25.5. The molecule has 1 N–H and O–H groups in total. The van der Waals surface area contributed by atoms with E-state index >= 15 is 0 Å². The van der Waals surface area contributed by atoms with Gasteiger partial charge in [-0.25, -0.2) is 0 Å². The van der Waals surface area contributed by atoms with Crippen molar-refractivity contribution in [3.05, 3.63) is 100 Å². The highest BCUT2D eigenvalue weighted by molar-refractivity contribution is 6.42. The number of rotatable bonds is 5. The number of carbonyl (C=O) groups is 1. The van der Waals surface area contributed by atoms with E-state index in [1.807, 2.05) is 71.3 Å². The van der Waals surface area contributed by atoms with Crippen molar-refractivity contribution >= 4 is 40.4 Å². The lowest BCUT2D eigenvalue weighted by Gasteiger charge is -2.12. The summed E-state index contributed by atoms with van der Waals surface area (Å²) in [6, 6.07) is 23.3. The van der Waals surface area contributed by atoms with Crippen molar-refractivity contribution in [3.63, 3.8) is 0 Å². The van der Waals surface area contributed by atoms with Gasteiger partial charge in [0.15, 0.2) is 0 Å². The summed E-state index contributed by atoms with van der Waals surface area (Å²) in [4.78, 5) is 14.0. The van der Waals surface area contributed by atoms with E-state index in [1.54, 1.807) is 7.11 Å². The van der Waals surface area contributed by atoms with Gasteiger partial charge in [0.1, 0.15) is 17.1 Å². The number of amides is 1. The first-order valence-electron chi connectivity index (χ1n) is 12.3. The number of ether oxygens (including phenoxy) is 1. The number of carbonyl (C=O) groups excluding carboxylic acids is 1. The van der Waals surface area contributed by atoms with Crippen molar-refractivity contribution in [3.8, 4) is 28.1 Å². The lowest BCUT2D eigenvalue weighted by molar-refractivity contribution is 0.102. The molecule has 0 bridgehead atoms. The van der Waals surface area contributed by atoms with Gasteiger partial charge in [0.25, 0.3) is 5.91 Å². The first-order valence-corrected chi connectivity index (χ1v) is 13.0. The molecule has 0 saturated heterocycles. The lowest BCUT2D eigenvalue weighted by atomic mass is 9.98. The number of nitrogens with one attached hydrogen (secondary N) is 1. The fourth-order valence-electron chi connectivity index (χ4n) is 5.34. The van der Waals surface area contributed by atoms with Crippen LogP contribution in [0.1, 0.15) is 28.9 Å². The van der Waals surface area contributed by atoms with Gasteiger partial charge in [-0.3, -0.25) is 9.20 Å². The highest BCUT2D eigenvalue weighted by Crippen LogP contribution is 2.40. The second-order valence-electron chi connectivity index (χ2n) is 9.17. The van der Waals surface area contributed by atoms with E-state index in [0.717, 1.165) is 53.8 Å². The Morgan fingerprint density at radius 1 is 0.919 bits per heavy atom. The van der Waals surface area contributed by atoms with Gasteiger partial charge in [0, 0.05) is 29.4 Å². The van der Waals surface area contributed by atoms with E-state index in [4.69, 9.17) is 27.9 Å². The van der Waals surface area contributed by atoms with Crippen LogP contribution in [0.5, 0.6) is 5.75 Å². The number of anilines is 1. The van der Waals surface area contributed by atoms with Crippen molar-refractivity contribution < 1.29 is 9.53 Å². The van der Waals surface area contributed by atoms with E-state index in [0.29, 0.717) is 27.2 Å². The summed E-state index contributed by atoms with van der Waals surface area (Å²) in [6.07, 6.45) is 5.02. The molecule has 0 aliphatic carbocycles. The van der Waals surface area contributed by atoms with Crippen molar-refractivity contribution in [1.29, 1.82) is 0 Å². The Bertz CT molecular complexity index is 1640. The molecule has 5 aromatic rings. The van der Waals surface area contributed by atoms with Crippen LogP contribution in [0.15, 0.2) is 79.0 Å². The van der Waals surface area contributed by atoms with E-state index in [2.05, 4.69) is 22.0 Å². The van der Waals surface area contributed by atoms with Crippen molar-refractivity contribution in [1.82, 2.24) is 8.97 Å². The van der Waals surface area contributed by atoms with Crippen molar-refractivity contribution in [2.45, 2.75) is 25.8 Å². The van der Waals surface area contributed by atoms with E-state index in [9.17, 15) is 4.79 Å². The molecule has 7 heteroatoms. The molecule has 2 aromatic heterocycles. The third kappa shape index (κ3) is 4.08. The van der Waals surface area contributed by atoms with Gasteiger partial charge >= 0.3 is 0 Å². The predicted molar refractivity (Wildman–Crippen MR) is 150 cm³/mol. The Morgan fingerprint density at radius 3 is 2.49 bits per heavy atom. The van der Waals surface area contributed by atoms with E-state index in [-0.39, 0.29) is 5.91 Å². The number of benzene rings is 3. The number of aryl methyl sites for hydroxylation is 2. The Hall–Kier alpha value is -3.67. The first-order chi connectivity index (χ1) is 18.1. The van der Waals surface area contributed by atoms with Gasteiger partial charge in [-0.1, -0.05) is 71.7 Å². The number of halogens is 2. The van der Waals surface area contributed by atoms with Gasteiger partial charge in [-0.2, -0.15) is 0 Å². The number of nitrogens with zero attached hydrogens (tertiary/aromatic N) is 2. The molecule has 0 atom stereocenters. The van der Waals surface area contributed by atoms with Gasteiger partial charge in [-0.15, -0.1) is 0 Å². The minimum atomic E-state index is -0.192. The lowest BCUT2D eigenvalue weighted by Crippen LogP contribution is -2.16. The van der Waals surface area contributed by atoms with Gasteiger partial charge in [-0.05, 0) is 49.1 Å². The topological polar surface area (TPSA) is 47.7 Å². The quantitative estimate of drug-likeness (QED) is 0.251. The van der Waals surface area contributed by atoms with Crippen LogP contribution >= 0.6 is 23.2 Å². The molecule has 186 valence electrons. The van der Waals surface area contributed by atoms with Crippen LogP contribution in [-0.2, 0) is 13.0 Å². The standard InChI is InChI=1S/C30H25Cl2N3O2/c1-37-26-13-6-5-12-24(26)33-29(36)28-27(19-9-3-2-4-10-19)21-11-7-8-16-34-25(18-35(28)30(21)34)20-14-15-22(31)23(32)17-20/h2-6,9-10,12-15,17-18H,7-8,11,16H2,1H3,(H,33,36). The third-order valence-electron chi connectivity index (χ3n) is 6.98. The summed E-state index contributed by atoms with van der Waals surface area (Å²) in [5.41, 5.74) is 7.41. The van der Waals surface area contributed by atoms with Gasteiger partial charge in [0.2, 0.25) is 0 Å². The SMILES string of the molecule is COc1ccccc1NC(=O)c1c(-c2ccccc2)c2c3n(c(-c4ccc(Cl)c(Cl)c4)cn13)CCCC2. The fraction of sp³-hybridized carbons (Fsp3) is 0.167. The maximum Gasteiger partial charge on any atom is 0.273 e. The zero-order valence-electron chi connectivity index (χ0n) is 20.3. The Morgan fingerprint density at radius 2 is 1.70 bits per heavy atom. The fourth-order valence-corrected chi connectivity index (χ4v) is 5.64. The summed E-state index contributed by atoms with van der Waals surface area (Å²) < 4.78 is 9.85. The maximum atomic E-state index is 14.0. The molecule has 3 aromatic carbocycles. The highest BCUT2D eigenvalue weighted by atomic mass is 35.5. The van der Waals surface area contributed by atoms with Crippen LogP contribution in [0.2, 0.25) is 10.0 Å². The number of imidazole rings is 1. The molecule has 0 spiro atoms. The van der Waals surface area contributed by atoms with Crippen molar-refractivity contribution in [2.75, 3.05) is 12.4 Å². The minimum Gasteiger partial charge on any atom is -0.495 e. The summed E-state index contributed by atoms with van der Waals surface area (Å²) in [5, 5.41) is 4.13. The molecule has 0 fully saturated rings. The number of para-hydroxylation sites is 2. The smallest absolute Gasteiger partial charge is 0.273 e. The predicted octanol–water partition coefficient (Wildman–Crippen LogP) is 7.98. The Balaban J connectivity index is 1.61. The van der Waals surface area contributed by atoms with Crippen LogP contribution in [0.3, 0.4) is 0 Å². The molecule has 37 heavy (non-hydrogen) atoms. The number of aromatic nitrogens is 2. The summed E-state index contributed by atoms with van der Waals surface area (Å²) >= 11 is 12.6. The molecule has 6 rings (SSSR count). The molecular weight excluding hydrogens is 505 g/mol. The molecular formula is C30H25Cl2N3O2. The van der Waals surface area contributed by atoms with Crippen LogP contribution in [0, 0.1) is 0 Å². The average Bonchev–Trinajstić information content (AvgIpc) is 3.34. The molecule has 3 heterocycles. The van der Waals surface area contributed by atoms with E-state index in [1.165, 1.54) is 5.56 Å². The van der Waals surface area contributed by atoms with Gasteiger partial charge in [0.05, 0.1) is 28.5 Å². The largest absolute Gasteiger partial charge is 0.495 e. The van der Waals surface area contributed by atoms with Crippen LogP contribution in [0.25, 0.3) is 28.0 Å². The summed E-state index contributed by atoms with van der Waals surface area (Å²) in [5.74, 6) is 0.420. The second-order valence-corrected chi connectivity index (χ2v) is 9.98. The molecule has 0 radical (unpaired) electrons. The average molecular weight is 530 g/mol. The highest BCUT2D eigenvalue weighted by Gasteiger charge is 2.30. The Labute approximate surface area is 225 Å². The van der Waals surface area contributed by atoms with Crippen LogP contribution in [-0.4, -0.2) is 22.0 Å². The molecule has 1 amide bonds. The molecule has 1 aliphatic heterocycles. The monoisotopic (exact) mass is 529 g/mol. The molecule has 0 saturated carbocycles. The molecule has 5 nitrogen and oxygen atoms in total. The van der Waals surface area contributed by atoms with E-state index < -0.39 is 0 Å². The number of hydrogen-bond donors (Lipinski definition) is 1. The summed E-state index contributed by atoms with van der Waals surface area (Å²) in [7, 11) is 1.60. The Kier molecular flexibility index (Phi) is 6.19. The number of methoxy groups -OCH3 is 1. The molecule has 0 unspecified atom stereocenters. The maximum absolute atomic E-state index is 14.0. The summed E-state index contributed by atoms with van der Waals surface area (Å²) in [6.45, 7) is 0.852. The first kappa shape index (κ1) is 23.7. The minimum absolute atomic E-state index is 0.192. The number of hydrogen-bond acceptors (Lipinski definition) is 2. The zero-order valence-corrected chi connectivity index (χ0v) is 21.8. The third-order valence-corrected chi connectivity index (χ3v) is 7.72. The molecule has 1 aliphatic rings. The van der Waals surface area contributed by atoms with Gasteiger partial charge < -0.3 is 14.6 Å².